The van der Waals surface area contributed by atoms with Crippen molar-refractivity contribution >= 4 is 11.6 Å². The van der Waals surface area contributed by atoms with Crippen molar-refractivity contribution in [2.75, 3.05) is 18.5 Å². The lowest BCUT2D eigenvalue weighted by molar-refractivity contribution is 0.114. The summed E-state index contributed by atoms with van der Waals surface area (Å²) in [6.45, 7) is 2.37. The average Bonchev–Trinajstić information content (AvgIpc) is 3.06. The van der Waals surface area contributed by atoms with Gasteiger partial charge in [-0.1, -0.05) is 18.2 Å². The molecule has 5 heteroatoms. The highest BCUT2D eigenvalue weighted by atomic mass is 16.5. The van der Waals surface area contributed by atoms with Gasteiger partial charge in [-0.25, -0.2) is 0 Å². The zero-order valence-corrected chi connectivity index (χ0v) is 14.5. The fourth-order valence-corrected chi connectivity index (χ4v) is 2.99. The third-order valence-corrected chi connectivity index (χ3v) is 4.28. The Labute approximate surface area is 148 Å². The summed E-state index contributed by atoms with van der Waals surface area (Å²) >= 11 is 0. The van der Waals surface area contributed by atoms with Crippen molar-refractivity contribution in [2.24, 2.45) is 10.7 Å². The minimum absolute atomic E-state index is 0.180. The van der Waals surface area contributed by atoms with E-state index in [4.69, 9.17) is 10.5 Å². The van der Waals surface area contributed by atoms with E-state index < -0.39 is 6.10 Å². The molecule has 132 valence electrons. The molecule has 0 saturated heterocycles. The Morgan fingerprint density at radius 1 is 1.24 bits per heavy atom. The van der Waals surface area contributed by atoms with E-state index in [0.717, 1.165) is 29.8 Å². The molecule has 1 atom stereocenters. The highest BCUT2D eigenvalue weighted by Crippen LogP contribution is 2.24. The Morgan fingerprint density at radius 2 is 2.08 bits per heavy atom. The summed E-state index contributed by atoms with van der Waals surface area (Å²) in [7, 11) is 0. The Kier molecular flexibility index (Phi) is 5.56. The lowest BCUT2D eigenvalue weighted by Crippen LogP contribution is -2.27. The van der Waals surface area contributed by atoms with Crippen molar-refractivity contribution in [3.63, 3.8) is 0 Å². The van der Waals surface area contributed by atoms with Crippen LogP contribution in [0, 0.1) is 6.92 Å². The number of aryl methyl sites for hydroxylation is 3. The van der Waals surface area contributed by atoms with Crippen LogP contribution in [0.4, 0.5) is 5.69 Å². The summed E-state index contributed by atoms with van der Waals surface area (Å²) in [6.07, 6.45) is 2.79. The number of hydrogen-bond donors (Lipinski definition) is 3. The van der Waals surface area contributed by atoms with Crippen molar-refractivity contribution in [3.05, 3.63) is 59.2 Å². The van der Waals surface area contributed by atoms with Gasteiger partial charge >= 0.3 is 0 Å². The van der Waals surface area contributed by atoms with Crippen molar-refractivity contribution in [1.29, 1.82) is 0 Å². The van der Waals surface area contributed by atoms with Gasteiger partial charge in [0.15, 0.2) is 5.96 Å². The normalized spacial score (nSPS) is 14.9. The first kappa shape index (κ1) is 17.3. The summed E-state index contributed by atoms with van der Waals surface area (Å²) in [5.41, 5.74) is 10.8. The van der Waals surface area contributed by atoms with Crippen LogP contribution >= 0.6 is 0 Å². The van der Waals surface area contributed by atoms with Gasteiger partial charge in [0.1, 0.15) is 18.5 Å². The average molecular weight is 339 g/mol. The molecule has 0 heterocycles. The van der Waals surface area contributed by atoms with Gasteiger partial charge in [-0.3, -0.25) is 4.99 Å². The number of guanidine groups is 1. The Bertz CT molecular complexity index is 758. The SMILES string of the molecule is Cc1cccc(OCC(O)CN=C(N)Nc2ccc3c(c2)CCC3)c1. The van der Waals surface area contributed by atoms with E-state index in [1.807, 2.05) is 37.3 Å². The number of ether oxygens (including phenoxy) is 1. The standard InChI is InChI=1S/C20H25N3O2/c1-14-4-2-7-19(10-14)25-13-18(24)12-22-20(21)23-17-9-8-15-5-3-6-16(15)11-17/h2,4,7-11,18,24H,3,5-6,12-13H2,1H3,(H3,21,22,23). The zero-order valence-electron chi connectivity index (χ0n) is 14.5. The number of aliphatic imine (C=N–C) groups is 1. The van der Waals surface area contributed by atoms with Crippen LogP contribution in [-0.2, 0) is 12.8 Å². The molecular formula is C20H25N3O2. The molecule has 3 rings (SSSR count). The first-order valence-electron chi connectivity index (χ1n) is 8.66. The van der Waals surface area contributed by atoms with Crippen LogP contribution in [0.25, 0.3) is 0 Å². The maximum Gasteiger partial charge on any atom is 0.193 e. The summed E-state index contributed by atoms with van der Waals surface area (Å²) in [4.78, 5) is 4.20. The maximum absolute atomic E-state index is 10.0. The lowest BCUT2D eigenvalue weighted by Gasteiger charge is -2.12. The second-order valence-corrected chi connectivity index (χ2v) is 6.47. The lowest BCUT2D eigenvalue weighted by atomic mass is 10.1. The number of hydrogen-bond acceptors (Lipinski definition) is 3. The molecule has 2 aromatic rings. The van der Waals surface area contributed by atoms with Gasteiger partial charge in [0, 0.05) is 5.69 Å². The van der Waals surface area contributed by atoms with Gasteiger partial charge in [0.05, 0.1) is 6.54 Å². The number of rotatable bonds is 6. The quantitative estimate of drug-likeness (QED) is 0.558. The molecule has 25 heavy (non-hydrogen) atoms. The van der Waals surface area contributed by atoms with Gasteiger partial charge in [0.2, 0.25) is 0 Å². The van der Waals surface area contributed by atoms with Gasteiger partial charge in [-0.05, 0) is 67.1 Å². The zero-order chi connectivity index (χ0) is 17.6. The molecule has 0 aromatic heterocycles. The summed E-state index contributed by atoms with van der Waals surface area (Å²) in [5, 5.41) is 13.1. The maximum atomic E-state index is 10.0. The first-order valence-corrected chi connectivity index (χ1v) is 8.66. The highest BCUT2D eigenvalue weighted by Gasteiger charge is 2.11. The van der Waals surface area contributed by atoms with Gasteiger partial charge in [-0.15, -0.1) is 0 Å². The van der Waals surface area contributed by atoms with Crippen molar-refractivity contribution in [3.8, 4) is 5.75 Å². The molecule has 5 nitrogen and oxygen atoms in total. The van der Waals surface area contributed by atoms with E-state index in [9.17, 15) is 5.11 Å². The summed E-state index contributed by atoms with van der Waals surface area (Å²) in [6, 6.07) is 14.0. The molecule has 1 aliphatic carbocycles. The number of aliphatic hydroxyl groups is 1. The van der Waals surface area contributed by atoms with Gasteiger partial charge in [-0.2, -0.15) is 0 Å². The minimum atomic E-state index is -0.708. The second-order valence-electron chi connectivity index (χ2n) is 6.47. The molecule has 0 spiro atoms. The van der Waals surface area contributed by atoms with E-state index in [-0.39, 0.29) is 13.2 Å². The van der Waals surface area contributed by atoms with Crippen molar-refractivity contribution in [1.82, 2.24) is 0 Å². The molecule has 0 saturated carbocycles. The minimum Gasteiger partial charge on any atom is -0.491 e. The van der Waals surface area contributed by atoms with Gasteiger partial charge in [0.25, 0.3) is 0 Å². The number of nitrogens with two attached hydrogens (primary N) is 1. The van der Waals surface area contributed by atoms with Crippen LogP contribution in [0.1, 0.15) is 23.1 Å². The molecule has 0 bridgehead atoms. The molecule has 0 radical (unpaired) electrons. The Hall–Kier alpha value is -2.53. The van der Waals surface area contributed by atoms with Crippen molar-refractivity contribution < 1.29 is 9.84 Å². The molecule has 1 unspecified atom stereocenters. The summed E-state index contributed by atoms with van der Waals surface area (Å²) in [5.74, 6) is 1.04. The van der Waals surface area contributed by atoms with Crippen LogP contribution in [0.2, 0.25) is 0 Å². The van der Waals surface area contributed by atoms with Crippen LogP contribution < -0.4 is 15.8 Å². The molecule has 0 aliphatic heterocycles. The van der Waals surface area contributed by atoms with E-state index in [1.54, 1.807) is 0 Å². The molecular weight excluding hydrogens is 314 g/mol. The third-order valence-electron chi connectivity index (χ3n) is 4.28. The van der Waals surface area contributed by atoms with E-state index in [1.165, 1.54) is 17.5 Å². The first-order chi connectivity index (χ1) is 12.1. The van der Waals surface area contributed by atoms with E-state index in [2.05, 4.69) is 22.4 Å². The number of fused-ring (bicyclic) bond motifs is 1. The fraction of sp³-hybridized carbons (Fsp3) is 0.350. The molecule has 0 fully saturated rings. The number of anilines is 1. The third kappa shape index (κ3) is 4.97. The van der Waals surface area contributed by atoms with Crippen LogP contribution in [0.15, 0.2) is 47.5 Å². The molecule has 4 N–H and O–H groups in total. The van der Waals surface area contributed by atoms with E-state index in [0.29, 0.717) is 5.96 Å². The summed E-state index contributed by atoms with van der Waals surface area (Å²) < 4.78 is 5.57. The number of nitrogens with one attached hydrogen (secondary N) is 1. The number of benzene rings is 2. The molecule has 2 aromatic carbocycles. The monoisotopic (exact) mass is 339 g/mol. The smallest absolute Gasteiger partial charge is 0.193 e. The van der Waals surface area contributed by atoms with Gasteiger partial charge < -0.3 is 20.9 Å². The van der Waals surface area contributed by atoms with Crippen LogP contribution in [-0.4, -0.2) is 30.3 Å². The molecule has 0 amide bonds. The van der Waals surface area contributed by atoms with E-state index >= 15 is 0 Å². The van der Waals surface area contributed by atoms with Crippen molar-refractivity contribution in [2.45, 2.75) is 32.3 Å². The number of aliphatic hydroxyl groups excluding tert-OH is 1. The highest BCUT2D eigenvalue weighted by molar-refractivity contribution is 5.92. The Morgan fingerprint density at radius 3 is 2.92 bits per heavy atom. The number of nitrogens with zero attached hydrogens (tertiary/aromatic N) is 1. The fourth-order valence-electron chi connectivity index (χ4n) is 2.99. The topological polar surface area (TPSA) is 79.9 Å². The predicted octanol–water partition coefficient (Wildman–Crippen LogP) is 2.65. The predicted molar refractivity (Wildman–Crippen MR) is 101 cm³/mol. The largest absolute Gasteiger partial charge is 0.491 e. The molecule has 1 aliphatic rings. The Balaban J connectivity index is 1.47. The van der Waals surface area contributed by atoms with Crippen LogP contribution in [0.3, 0.4) is 0 Å². The van der Waals surface area contributed by atoms with Crippen LogP contribution in [0.5, 0.6) is 5.75 Å². The second kappa shape index (κ2) is 8.03.